The predicted octanol–water partition coefficient (Wildman–Crippen LogP) is 4.12. The molecular weight excluding hydrogens is 346 g/mol. The Morgan fingerprint density at radius 2 is 1.81 bits per heavy atom. The zero-order valence-electron chi connectivity index (χ0n) is 14.8. The molecule has 1 saturated heterocycles. The van der Waals surface area contributed by atoms with Gasteiger partial charge in [0, 0.05) is 54.7 Å². The summed E-state index contributed by atoms with van der Waals surface area (Å²) in [6, 6.07) is 15.1. The predicted molar refractivity (Wildman–Crippen MR) is 107 cm³/mol. The molecule has 0 radical (unpaired) electrons. The molecule has 136 valence electrons. The monoisotopic (exact) mass is 369 g/mol. The van der Waals surface area contributed by atoms with Gasteiger partial charge in [-0.25, -0.2) is 0 Å². The van der Waals surface area contributed by atoms with Crippen LogP contribution in [-0.4, -0.2) is 43.5 Å². The molecule has 2 aromatic rings. The summed E-state index contributed by atoms with van der Waals surface area (Å²) in [4.78, 5) is 17.4. The minimum absolute atomic E-state index is 0.140. The van der Waals surface area contributed by atoms with Gasteiger partial charge in [0.1, 0.15) is 0 Å². The highest BCUT2D eigenvalue weighted by Crippen LogP contribution is 2.30. The van der Waals surface area contributed by atoms with Crippen LogP contribution in [0.5, 0.6) is 0 Å². The summed E-state index contributed by atoms with van der Waals surface area (Å²) < 4.78 is 0. The van der Waals surface area contributed by atoms with E-state index in [9.17, 15) is 4.79 Å². The second-order valence-electron chi connectivity index (χ2n) is 7.25. The Morgan fingerprint density at radius 1 is 1.04 bits per heavy atom. The van der Waals surface area contributed by atoms with Gasteiger partial charge in [-0.05, 0) is 55.2 Å². The Labute approximate surface area is 159 Å². The molecule has 2 aliphatic rings. The summed E-state index contributed by atoms with van der Waals surface area (Å²) in [5.41, 5.74) is 2.55. The summed E-state index contributed by atoms with van der Waals surface area (Å²) in [5.74, 6) is 0.811. The van der Waals surface area contributed by atoms with Crippen molar-refractivity contribution in [1.82, 2.24) is 4.90 Å². The van der Waals surface area contributed by atoms with Crippen molar-refractivity contribution >= 4 is 28.9 Å². The fourth-order valence-corrected chi connectivity index (χ4v) is 3.66. The quantitative estimate of drug-likeness (QED) is 0.860. The summed E-state index contributed by atoms with van der Waals surface area (Å²) in [5, 5.41) is 3.54. The SMILES string of the molecule is O=C(Nc1cccc(N2CCN(CC3CC3)CC2)c1)c1cccc(Cl)c1. The highest BCUT2D eigenvalue weighted by molar-refractivity contribution is 6.31. The lowest BCUT2D eigenvalue weighted by Gasteiger charge is -2.36. The number of nitrogens with one attached hydrogen (secondary N) is 1. The third-order valence-corrected chi connectivity index (χ3v) is 5.38. The lowest BCUT2D eigenvalue weighted by Crippen LogP contribution is -2.47. The van der Waals surface area contributed by atoms with E-state index < -0.39 is 0 Å². The van der Waals surface area contributed by atoms with Gasteiger partial charge < -0.3 is 10.2 Å². The lowest BCUT2D eigenvalue weighted by atomic mass is 10.2. The van der Waals surface area contributed by atoms with Gasteiger partial charge in [0.15, 0.2) is 0 Å². The molecule has 4 nitrogen and oxygen atoms in total. The summed E-state index contributed by atoms with van der Waals surface area (Å²) in [6.07, 6.45) is 2.82. The summed E-state index contributed by atoms with van der Waals surface area (Å²) in [6.45, 7) is 5.59. The highest BCUT2D eigenvalue weighted by Gasteiger charge is 2.26. The molecule has 1 saturated carbocycles. The van der Waals surface area contributed by atoms with Gasteiger partial charge >= 0.3 is 0 Å². The molecule has 0 bridgehead atoms. The van der Waals surface area contributed by atoms with E-state index in [0.29, 0.717) is 10.6 Å². The van der Waals surface area contributed by atoms with E-state index in [2.05, 4.69) is 27.2 Å². The molecule has 1 N–H and O–H groups in total. The first-order valence-electron chi connectivity index (χ1n) is 9.32. The Kier molecular flexibility index (Phi) is 5.14. The van der Waals surface area contributed by atoms with Gasteiger partial charge in [-0.1, -0.05) is 23.7 Å². The van der Waals surface area contributed by atoms with Gasteiger partial charge in [0.25, 0.3) is 5.91 Å². The van der Waals surface area contributed by atoms with Gasteiger partial charge in [-0.2, -0.15) is 0 Å². The maximum atomic E-state index is 12.4. The third kappa shape index (κ3) is 4.37. The number of amides is 1. The van der Waals surface area contributed by atoms with Crippen LogP contribution < -0.4 is 10.2 Å². The number of anilines is 2. The van der Waals surface area contributed by atoms with E-state index in [-0.39, 0.29) is 5.91 Å². The number of carbonyl (C=O) groups excluding carboxylic acids is 1. The van der Waals surface area contributed by atoms with Crippen molar-refractivity contribution in [3.63, 3.8) is 0 Å². The molecule has 1 heterocycles. The van der Waals surface area contributed by atoms with E-state index in [4.69, 9.17) is 11.6 Å². The zero-order chi connectivity index (χ0) is 17.9. The second-order valence-corrected chi connectivity index (χ2v) is 7.68. The van der Waals surface area contributed by atoms with Gasteiger partial charge in [0.05, 0.1) is 0 Å². The normalized spacial score (nSPS) is 18.0. The number of hydrogen-bond donors (Lipinski definition) is 1. The van der Waals surface area contributed by atoms with Crippen LogP contribution in [0.15, 0.2) is 48.5 Å². The Hall–Kier alpha value is -2.04. The number of benzene rings is 2. The molecule has 0 atom stereocenters. The molecule has 1 aliphatic carbocycles. The standard InChI is InChI=1S/C21H24ClN3O/c22-18-4-1-3-17(13-18)21(26)23-19-5-2-6-20(14-19)25-11-9-24(10-12-25)15-16-7-8-16/h1-6,13-14,16H,7-12,15H2,(H,23,26). The fraction of sp³-hybridized carbons (Fsp3) is 0.381. The molecule has 0 unspecified atom stereocenters. The van der Waals surface area contributed by atoms with E-state index >= 15 is 0 Å². The first-order chi connectivity index (χ1) is 12.7. The second kappa shape index (κ2) is 7.68. The van der Waals surface area contributed by atoms with E-state index in [1.807, 2.05) is 12.1 Å². The number of carbonyl (C=O) groups is 1. The highest BCUT2D eigenvalue weighted by atomic mass is 35.5. The molecule has 0 aromatic heterocycles. The van der Waals surface area contributed by atoms with Crippen molar-refractivity contribution < 1.29 is 4.79 Å². The minimum Gasteiger partial charge on any atom is -0.369 e. The van der Waals surface area contributed by atoms with Crippen molar-refractivity contribution in [2.75, 3.05) is 42.9 Å². The van der Waals surface area contributed by atoms with Crippen LogP contribution in [-0.2, 0) is 0 Å². The molecular formula is C21H24ClN3O. The van der Waals surface area contributed by atoms with Crippen LogP contribution in [0.1, 0.15) is 23.2 Å². The average Bonchev–Trinajstić information content (AvgIpc) is 3.47. The van der Waals surface area contributed by atoms with Crippen LogP contribution in [0, 0.1) is 5.92 Å². The van der Waals surface area contributed by atoms with E-state index in [0.717, 1.165) is 37.8 Å². The summed E-state index contributed by atoms with van der Waals surface area (Å²) >= 11 is 5.98. The lowest BCUT2D eigenvalue weighted by molar-refractivity contribution is 0.102. The smallest absolute Gasteiger partial charge is 0.255 e. The van der Waals surface area contributed by atoms with Crippen LogP contribution >= 0.6 is 11.6 Å². The number of nitrogens with zero attached hydrogens (tertiary/aromatic N) is 2. The van der Waals surface area contributed by atoms with Crippen LogP contribution in [0.4, 0.5) is 11.4 Å². The van der Waals surface area contributed by atoms with Crippen molar-refractivity contribution in [3.05, 3.63) is 59.1 Å². The molecule has 2 aromatic carbocycles. The van der Waals surface area contributed by atoms with Crippen molar-refractivity contribution in [3.8, 4) is 0 Å². The van der Waals surface area contributed by atoms with E-state index in [1.165, 1.54) is 25.1 Å². The maximum absolute atomic E-state index is 12.4. The molecule has 2 fully saturated rings. The minimum atomic E-state index is -0.140. The van der Waals surface area contributed by atoms with Gasteiger partial charge in [-0.15, -0.1) is 0 Å². The summed E-state index contributed by atoms with van der Waals surface area (Å²) in [7, 11) is 0. The average molecular weight is 370 g/mol. The number of piperazine rings is 1. The Bertz CT molecular complexity index is 782. The fourth-order valence-electron chi connectivity index (χ4n) is 3.47. The molecule has 1 aliphatic heterocycles. The molecule has 4 rings (SSSR count). The van der Waals surface area contributed by atoms with Crippen molar-refractivity contribution in [1.29, 1.82) is 0 Å². The zero-order valence-corrected chi connectivity index (χ0v) is 15.6. The maximum Gasteiger partial charge on any atom is 0.255 e. The number of hydrogen-bond acceptors (Lipinski definition) is 3. The molecule has 5 heteroatoms. The first kappa shape index (κ1) is 17.4. The van der Waals surface area contributed by atoms with Gasteiger partial charge in [-0.3, -0.25) is 9.69 Å². The van der Waals surface area contributed by atoms with Crippen molar-refractivity contribution in [2.45, 2.75) is 12.8 Å². The number of rotatable bonds is 5. The number of halogens is 1. The topological polar surface area (TPSA) is 35.6 Å². The first-order valence-corrected chi connectivity index (χ1v) is 9.69. The van der Waals surface area contributed by atoms with Crippen LogP contribution in [0.2, 0.25) is 5.02 Å². The van der Waals surface area contributed by atoms with Crippen molar-refractivity contribution in [2.24, 2.45) is 5.92 Å². The molecule has 1 amide bonds. The molecule has 0 spiro atoms. The van der Waals surface area contributed by atoms with Crippen LogP contribution in [0.3, 0.4) is 0 Å². The van der Waals surface area contributed by atoms with Gasteiger partial charge in [0.2, 0.25) is 0 Å². The Balaban J connectivity index is 1.38. The van der Waals surface area contributed by atoms with Crippen LogP contribution in [0.25, 0.3) is 0 Å². The third-order valence-electron chi connectivity index (χ3n) is 5.14. The van der Waals surface area contributed by atoms with E-state index in [1.54, 1.807) is 24.3 Å². The molecule has 26 heavy (non-hydrogen) atoms. The Morgan fingerprint density at radius 3 is 2.54 bits per heavy atom. The largest absolute Gasteiger partial charge is 0.369 e.